The first-order chi connectivity index (χ1) is 17.9. The van der Waals surface area contributed by atoms with Crippen LogP contribution >= 0.6 is 0 Å². The number of nitrogens with zero attached hydrogens (tertiary/aromatic N) is 1. The monoisotopic (exact) mass is 570 g/mol. The van der Waals surface area contributed by atoms with E-state index in [1.54, 1.807) is 13.8 Å². The molecule has 1 amide bonds. The van der Waals surface area contributed by atoms with Crippen molar-refractivity contribution >= 4 is 11.8 Å². The predicted molar refractivity (Wildman–Crippen MR) is 125 cm³/mol. The summed E-state index contributed by atoms with van der Waals surface area (Å²) >= 11 is 0. The highest BCUT2D eigenvalue weighted by molar-refractivity contribution is 5.90. The van der Waals surface area contributed by atoms with Crippen LogP contribution in [0.5, 0.6) is 0 Å². The number of amides is 1. The Balaban J connectivity index is 2.34. The first-order valence-electron chi connectivity index (χ1n) is 12.0. The van der Waals surface area contributed by atoms with Gasteiger partial charge in [0.2, 0.25) is 0 Å². The molecule has 4 nitrogen and oxygen atoms in total. The van der Waals surface area contributed by atoms with Gasteiger partial charge in [0.25, 0.3) is 0 Å². The number of benzene rings is 2. The van der Waals surface area contributed by atoms with Gasteiger partial charge in [0.1, 0.15) is 0 Å². The van der Waals surface area contributed by atoms with Crippen LogP contribution in [0.3, 0.4) is 0 Å². The molecule has 2 aromatic carbocycles. The van der Waals surface area contributed by atoms with E-state index in [1.807, 2.05) is 0 Å². The Morgan fingerprint density at radius 1 is 0.872 bits per heavy atom. The Kier molecular flexibility index (Phi) is 8.27. The first kappa shape index (κ1) is 30.6. The minimum atomic E-state index is -5.12. The van der Waals surface area contributed by atoms with Crippen LogP contribution in [0.2, 0.25) is 0 Å². The number of carbonyl (C=O) groups is 1. The molecule has 0 aromatic heterocycles. The molecule has 0 saturated carbocycles. The Morgan fingerprint density at radius 3 is 1.82 bits per heavy atom. The van der Waals surface area contributed by atoms with Crippen molar-refractivity contribution in [2.24, 2.45) is 0 Å². The van der Waals surface area contributed by atoms with Crippen molar-refractivity contribution in [2.75, 3.05) is 18.6 Å². The Labute approximate surface area is 219 Å². The van der Waals surface area contributed by atoms with Crippen LogP contribution in [-0.4, -0.2) is 25.8 Å². The van der Waals surface area contributed by atoms with Gasteiger partial charge in [0.15, 0.2) is 0 Å². The third-order valence-corrected chi connectivity index (χ3v) is 7.20. The molecular weight excluding hydrogens is 543 g/mol. The molecule has 1 aliphatic rings. The highest BCUT2D eigenvalue weighted by atomic mass is 19.4. The molecule has 0 fully saturated rings. The summed E-state index contributed by atoms with van der Waals surface area (Å²) in [5, 5.41) is 2.78. The average molecular weight is 570 g/mol. The number of likely N-dealkylation sites (N-methyl/N-ethyl adjacent to an activating group) is 1. The van der Waals surface area contributed by atoms with Gasteiger partial charge >= 0.3 is 24.6 Å². The number of hydrogen-bond acceptors (Lipinski definition) is 3. The zero-order valence-corrected chi connectivity index (χ0v) is 21.4. The molecular formula is C26H27F9N2O2. The number of ether oxygens (including phenoxy) is 1. The van der Waals surface area contributed by atoms with Crippen LogP contribution in [0.1, 0.15) is 67.3 Å². The maximum atomic E-state index is 13.7. The maximum Gasteiger partial charge on any atom is 0.416 e. The summed E-state index contributed by atoms with van der Waals surface area (Å²) < 4.78 is 128. The number of hydrogen-bond donors (Lipinski definition) is 1. The van der Waals surface area contributed by atoms with E-state index in [1.165, 1.54) is 18.9 Å². The minimum absolute atomic E-state index is 0.00646. The van der Waals surface area contributed by atoms with Gasteiger partial charge in [-0.3, -0.25) is 4.90 Å². The molecule has 39 heavy (non-hydrogen) atoms. The third kappa shape index (κ3) is 5.97. The first-order valence-corrected chi connectivity index (χ1v) is 12.0. The lowest BCUT2D eigenvalue weighted by Crippen LogP contribution is -2.51. The number of rotatable bonds is 5. The molecule has 1 aliphatic heterocycles. The molecule has 0 radical (unpaired) electrons. The molecule has 0 bridgehead atoms. The Hall–Kier alpha value is -2.96. The second-order valence-corrected chi connectivity index (χ2v) is 9.44. The van der Waals surface area contributed by atoms with Gasteiger partial charge in [0, 0.05) is 17.5 Å². The normalized spacial score (nSPS) is 19.9. The lowest BCUT2D eigenvalue weighted by molar-refractivity contribution is -0.143. The number of alkyl halides is 9. The molecule has 2 aromatic rings. The van der Waals surface area contributed by atoms with Gasteiger partial charge in [-0.2, -0.15) is 39.5 Å². The number of carbonyl (C=O) groups excluding carboxylic acids is 1. The number of fused-ring (bicyclic) bond motifs is 1. The zero-order chi connectivity index (χ0) is 29.6. The Bertz CT molecular complexity index is 1180. The molecule has 3 rings (SSSR count). The van der Waals surface area contributed by atoms with E-state index in [9.17, 15) is 44.3 Å². The lowest BCUT2D eigenvalue weighted by Gasteiger charge is -2.47. The highest BCUT2D eigenvalue weighted by Gasteiger charge is 2.47. The van der Waals surface area contributed by atoms with Gasteiger partial charge in [-0.1, -0.05) is 6.92 Å². The summed E-state index contributed by atoms with van der Waals surface area (Å²) in [7, 11) is 1.31. The molecule has 0 aliphatic carbocycles. The second kappa shape index (κ2) is 10.5. The highest BCUT2D eigenvalue weighted by Crippen LogP contribution is 2.51. The van der Waals surface area contributed by atoms with Crippen molar-refractivity contribution in [2.45, 2.75) is 69.6 Å². The topological polar surface area (TPSA) is 41.6 Å². The van der Waals surface area contributed by atoms with Gasteiger partial charge in [0.05, 0.1) is 29.0 Å². The van der Waals surface area contributed by atoms with Gasteiger partial charge < -0.3 is 10.1 Å². The number of nitrogens with one attached hydrogen (secondary N) is 1. The molecule has 1 heterocycles. The second-order valence-electron chi connectivity index (χ2n) is 9.44. The fourth-order valence-electron chi connectivity index (χ4n) is 5.04. The molecule has 0 spiro atoms. The van der Waals surface area contributed by atoms with Crippen LogP contribution in [0.25, 0.3) is 0 Å². The van der Waals surface area contributed by atoms with Crippen molar-refractivity contribution in [3.05, 3.63) is 64.2 Å². The molecule has 3 atom stereocenters. The molecule has 1 N–H and O–H groups in total. The van der Waals surface area contributed by atoms with Crippen molar-refractivity contribution < 1.29 is 49.0 Å². The van der Waals surface area contributed by atoms with Crippen LogP contribution in [0, 0.1) is 0 Å². The fraction of sp³-hybridized carbons (Fsp3) is 0.500. The van der Waals surface area contributed by atoms with E-state index in [-0.39, 0.29) is 36.8 Å². The fourth-order valence-corrected chi connectivity index (χ4v) is 5.04. The largest absolute Gasteiger partial charge is 0.449 e. The number of halogens is 9. The zero-order valence-electron chi connectivity index (χ0n) is 21.4. The van der Waals surface area contributed by atoms with E-state index < -0.39 is 64.4 Å². The van der Waals surface area contributed by atoms with Crippen molar-refractivity contribution in [3.63, 3.8) is 0 Å². The molecule has 216 valence electrons. The van der Waals surface area contributed by atoms with Crippen LogP contribution in [0.15, 0.2) is 36.4 Å². The van der Waals surface area contributed by atoms with E-state index >= 15 is 0 Å². The summed E-state index contributed by atoms with van der Waals surface area (Å²) in [6.45, 7) is 4.56. The molecule has 1 unspecified atom stereocenters. The van der Waals surface area contributed by atoms with Crippen molar-refractivity contribution in [1.29, 1.82) is 0 Å². The predicted octanol–water partition coefficient (Wildman–Crippen LogP) is 8.11. The molecule has 0 saturated heterocycles. The van der Waals surface area contributed by atoms with Gasteiger partial charge in [-0.25, -0.2) is 4.79 Å². The van der Waals surface area contributed by atoms with E-state index in [0.29, 0.717) is 12.1 Å². The van der Waals surface area contributed by atoms with Gasteiger partial charge in [-0.15, -0.1) is 0 Å². The number of anilines is 1. The summed E-state index contributed by atoms with van der Waals surface area (Å²) in [6.07, 6.45) is -15.7. The summed E-state index contributed by atoms with van der Waals surface area (Å²) in [4.78, 5) is 14.0. The average Bonchev–Trinajstić information content (AvgIpc) is 2.85. The minimum Gasteiger partial charge on any atom is -0.449 e. The van der Waals surface area contributed by atoms with Crippen LogP contribution < -0.4 is 10.2 Å². The van der Waals surface area contributed by atoms with E-state index in [2.05, 4.69) is 5.32 Å². The molecule has 13 heteroatoms. The maximum absolute atomic E-state index is 13.7. The summed E-state index contributed by atoms with van der Waals surface area (Å²) in [5.41, 5.74) is -6.33. The standard InChI is InChI=1S/C26H27F9N2O2/c1-5-18-13-20(19-12-14(24(27,28)29)7-8-21(19)37(18)22(38)39-6-2)23(3,36-4)15-9-16(25(30,31)32)11-17(10-15)26(33,34)35/h7-12,18,20,36H,5-6,13H2,1-4H3/t18-,20?,23-/m1/s1. The van der Waals surface area contributed by atoms with E-state index in [0.717, 1.165) is 18.2 Å². The smallest absolute Gasteiger partial charge is 0.416 e. The van der Waals surface area contributed by atoms with Crippen LogP contribution in [0.4, 0.5) is 50.0 Å². The third-order valence-electron chi connectivity index (χ3n) is 7.20. The van der Waals surface area contributed by atoms with Gasteiger partial charge in [-0.05, 0) is 81.3 Å². The lowest BCUT2D eigenvalue weighted by atomic mass is 9.69. The quantitative estimate of drug-likeness (QED) is 0.370. The summed E-state index contributed by atoms with van der Waals surface area (Å²) in [5.74, 6) is -1.07. The SMILES string of the molecule is CCOC(=O)N1c2ccc(C(F)(F)F)cc2C([C@](C)(NC)c2cc(C(F)(F)F)cc(C(F)(F)F)c2)C[C@H]1CC. The van der Waals surface area contributed by atoms with E-state index in [4.69, 9.17) is 4.74 Å². The van der Waals surface area contributed by atoms with Crippen molar-refractivity contribution in [1.82, 2.24) is 5.32 Å². The van der Waals surface area contributed by atoms with Crippen LogP contribution in [-0.2, 0) is 28.8 Å². The Morgan fingerprint density at radius 2 is 1.38 bits per heavy atom. The van der Waals surface area contributed by atoms with Crippen molar-refractivity contribution in [3.8, 4) is 0 Å². The summed E-state index contributed by atoms with van der Waals surface area (Å²) in [6, 6.07) is 3.09.